The molecule has 57 heavy (non-hydrogen) atoms. The monoisotopic (exact) mass is 730 g/mol. The summed E-state index contributed by atoms with van der Waals surface area (Å²) >= 11 is 0. The summed E-state index contributed by atoms with van der Waals surface area (Å²) in [6.07, 6.45) is 3.66. The first kappa shape index (κ1) is 31.2. The van der Waals surface area contributed by atoms with E-state index in [-0.39, 0.29) is 0 Å². The first-order chi connectivity index (χ1) is 28.2. The van der Waals surface area contributed by atoms with Crippen LogP contribution in [0.4, 0.5) is 22.7 Å². The maximum absolute atomic E-state index is 9.76. The van der Waals surface area contributed by atoms with E-state index in [1.165, 1.54) is 0 Å². The molecule has 1 aliphatic carbocycles. The van der Waals surface area contributed by atoms with Crippen molar-refractivity contribution in [1.82, 2.24) is 14.5 Å². The van der Waals surface area contributed by atoms with Crippen LogP contribution in [0.5, 0.6) is 23.0 Å². The van der Waals surface area contributed by atoms with Crippen molar-refractivity contribution in [2.45, 2.75) is 5.41 Å². The van der Waals surface area contributed by atoms with Crippen LogP contribution in [0.15, 0.2) is 158 Å². The van der Waals surface area contributed by atoms with Crippen LogP contribution in [0.3, 0.4) is 0 Å². The highest BCUT2D eigenvalue weighted by Gasteiger charge is 2.54. The Hall–Kier alpha value is -8.20. The lowest BCUT2D eigenvalue weighted by Gasteiger charge is -2.43. The van der Waals surface area contributed by atoms with Crippen LogP contribution in [0, 0.1) is 17.9 Å². The van der Waals surface area contributed by atoms with E-state index in [0.717, 1.165) is 78.2 Å². The zero-order chi connectivity index (χ0) is 37.8. The second-order valence-corrected chi connectivity index (χ2v) is 14.3. The van der Waals surface area contributed by atoms with E-state index >= 15 is 0 Å². The van der Waals surface area contributed by atoms with E-state index in [1.807, 2.05) is 97.3 Å². The molecule has 0 bridgehead atoms. The van der Waals surface area contributed by atoms with E-state index in [4.69, 9.17) is 26.0 Å². The van der Waals surface area contributed by atoms with Gasteiger partial charge in [0.25, 0.3) is 0 Å². The van der Waals surface area contributed by atoms with Gasteiger partial charge in [0.1, 0.15) is 17.2 Å². The van der Waals surface area contributed by atoms with Gasteiger partial charge in [0.2, 0.25) is 0 Å². The summed E-state index contributed by atoms with van der Waals surface area (Å²) in [6.45, 7) is 7.73. The lowest BCUT2D eigenvalue weighted by molar-refractivity contribution is 0.436. The fraction of sp³-hybridized carbons (Fsp3) is 0.0204. The first-order valence-electron chi connectivity index (χ1n) is 18.6. The number of hydrogen-bond donors (Lipinski definition) is 0. The van der Waals surface area contributed by atoms with Crippen LogP contribution >= 0.6 is 0 Å². The van der Waals surface area contributed by atoms with Crippen LogP contribution < -0.4 is 14.4 Å². The number of nitrogens with zero attached hydrogens (tertiary/aromatic N) is 6. The topological polar surface area (TPSA) is 80.6 Å². The molecule has 0 atom stereocenters. The average Bonchev–Trinajstić information content (AvgIpc) is 3.75. The molecule has 0 saturated carbocycles. The Bertz CT molecular complexity index is 3270. The predicted molar refractivity (Wildman–Crippen MR) is 219 cm³/mol. The van der Waals surface area contributed by atoms with Gasteiger partial charge in [-0.2, -0.15) is 5.26 Å². The number of rotatable bonds is 2. The van der Waals surface area contributed by atoms with E-state index < -0.39 is 5.41 Å². The van der Waals surface area contributed by atoms with Crippen molar-refractivity contribution in [3.8, 4) is 46.1 Å². The Morgan fingerprint density at radius 1 is 0.579 bits per heavy atom. The second-order valence-electron chi connectivity index (χ2n) is 14.3. The zero-order valence-corrected chi connectivity index (χ0v) is 30.0. The smallest absolute Gasteiger partial charge is 0.191 e. The van der Waals surface area contributed by atoms with Gasteiger partial charge in [-0.15, -0.1) is 0 Å². The first-order valence-corrected chi connectivity index (χ1v) is 18.6. The van der Waals surface area contributed by atoms with Crippen LogP contribution in [0.2, 0.25) is 0 Å². The van der Waals surface area contributed by atoms with Crippen molar-refractivity contribution in [1.29, 1.82) is 5.26 Å². The molecule has 9 aromatic rings. The van der Waals surface area contributed by atoms with Crippen LogP contribution in [-0.4, -0.2) is 14.5 Å². The van der Waals surface area contributed by atoms with Crippen molar-refractivity contribution < 1.29 is 9.47 Å². The number of hydrogen-bond acceptors (Lipinski definition) is 6. The molecule has 0 radical (unpaired) electrons. The average molecular weight is 731 g/mol. The Balaban J connectivity index is 1.17. The van der Waals surface area contributed by atoms with Gasteiger partial charge in [-0.1, -0.05) is 60.7 Å². The molecule has 3 aliphatic rings. The summed E-state index contributed by atoms with van der Waals surface area (Å²) in [5, 5.41) is 11.8. The summed E-state index contributed by atoms with van der Waals surface area (Å²) < 4.78 is 15.9. The minimum Gasteiger partial charge on any atom is -0.457 e. The number of nitriles is 1. The highest BCUT2D eigenvalue weighted by Crippen LogP contribution is 2.65. The SMILES string of the molecule is [C-]#[N+]c1ccc2c(c1)Oc1ccccc1N2c1cccc2c1C1(c3ccc(-n4c5ccccc5c5cc(C#N)ccc54)cc3O2)c2cccnc2-c2ncccc21. The highest BCUT2D eigenvalue weighted by atomic mass is 16.5. The molecule has 2 aliphatic heterocycles. The zero-order valence-electron chi connectivity index (χ0n) is 30.0. The number of pyridine rings is 2. The maximum atomic E-state index is 9.76. The number of anilines is 3. The van der Waals surface area contributed by atoms with Crippen LogP contribution in [-0.2, 0) is 5.41 Å². The van der Waals surface area contributed by atoms with E-state index in [9.17, 15) is 5.26 Å². The lowest BCUT2D eigenvalue weighted by Crippen LogP contribution is -2.34. The highest BCUT2D eigenvalue weighted by molar-refractivity contribution is 6.09. The minimum atomic E-state index is -0.891. The molecule has 12 rings (SSSR count). The molecule has 6 aromatic carbocycles. The molecule has 5 heterocycles. The molecule has 8 heteroatoms. The summed E-state index contributed by atoms with van der Waals surface area (Å²) in [4.78, 5) is 15.9. The third-order valence-corrected chi connectivity index (χ3v) is 11.6. The van der Waals surface area contributed by atoms with Gasteiger partial charge in [-0.3, -0.25) is 9.97 Å². The second kappa shape index (κ2) is 11.4. The Labute approximate surface area is 326 Å². The van der Waals surface area contributed by atoms with Gasteiger partial charge >= 0.3 is 0 Å². The molecular formula is C49H26N6O2. The fourth-order valence-corrected chi connectivity index (χ4v) is 9.36. The molecule has 0 N–H and O–H groups in total. The number of benzene rings is 6. The summed E-state index contributed by atoms with van der Waals surface area (Å²) in [5.41, 5.74) is 11.4. The molecule has 1 spiro atoms. The van der Waals surface area contributed by atoms with E-state index in [1.54, 1.807) is 6.07 Å². The van der Waals surface area contributed by atoms with Crippen LogP contribution in [0.1, 0.15) is 27.8 Å². The maximum Gasteiger partial charge on any atom is 0.191 e. The molecule has 264 valence electrons. The van der Waals surface area contributed by atoms with Gasteiger partial charge in [0.15, 0.2) is 11.4 Å². The van der Waals surface area contributed by atoms with Gasteiger partial charge < -0.3 is 18.9 Å². The predicted octanol–water partition coefficient (Wildman–Crippen LogP) is 12.0. The molecule has 0 fully saturated rings. The third kappa shape index (κ3) is 4.08. The third-order valence-electron chi connectivity index (χ3n) is 11.6. The fourth-order valence-electron chi connectivity index (χ4n) is 9.36. The Morgan fingerprint density at radius 3 is 2.12 bits per heavy atom. The van der Waals surface area contributed by atoms with Crippen molar-refractivity contribution in [3.63, 3.8) is 0 Å². The van der Waals surface area contributed by atoms with Gasteiger partial charge in [-0.05, 0) is 90.0 Å². The van der Waals surface area contributed by atoms with Crippen molar-refractivity contribution in [3.05, 3.63) is 197 Å². The number of ether oxygens (including phenoxy) is 2. The summed E-state index contributed by atoms with van der Waals surface area (Å²) in [5.74, 6) is 2.70. The van der Waals surface area contributed by atoms with E-state index in [0.29, 0.717) is 34.2 Å². The van der Waals surface area contributed by atoms with Crippen molar-refractivity contribution in [2.75, 3.05) is 4.90 Å². The Morgan fingerprint density at radius 2 is 1.30 bits per heavy atom. The Kier molecular flexibility index (Phi) is 6.24. The largest absolute Gasteiger partial charge is 0.457 e. The number of fused-ring (bicyclic) bond motifs is 14. The van der Waals surface area contributed by atoms with Crippen molar-refractivity contribution in [2.24, 2.45) is 0 Å². The minimum absolute atomic E-state index is 0.497. The normalized spacial score (nSPS) is 13.6. The van der Waals surface area contributed by atoms with E-state index in [2.05, 4.69) is 75.0 Å². The summed E-state index contributed by atoms with van der Waals surface area (Å²) in [7, 11) is 0. The molecule has 0 saturated heterocycles. The standard InChI is InChI=1S/C49H26N6O2/c1-51-30-18-22-40-45(26-30)56-42-15-5-4-13-39(42)55(40)41-14-6-16-43-46(41)49(35-10-7-23-52-47(35)48-36(49)11-8-24-53-48)34-20-19-31(27-44(34)57-43)54-37-12-3-2-9-32(37)33-25-29(28-50)17-21-38(33)54/h2-27H. The number of para-hydroxylation sites is 3. The van der Waals surface area contributed by atoms with Gasteiger partial charge in [0, 0.05) is 46.0 Å². The quantitative estimate of drug-likeness (QED) is 0.165. The molecule has 3 aromatic heterocycles. The lowest BCUT2D eigenvalue weighted by atomic mass is 9.65. The summed E-state index contributed by atoms with van der Waals surface area (Å²) in [6, 6.07) is 51.1. The molecule has 0 unspecified atom stereocenters. The van der Waals surface area contributed by atoms with Gasteiger partial charge in [0.05, 0.1) is 63.1 Å². The molecule has 0 amide bonds. The van der Waals surface area contributed by atoms with Crippen molar-refractivity contribution >= 4 is 44.6 Å². The molecular weight excluding hydrogens is 705 g/mol. The molecule has 8 nitrogen and oxygen atoms in total. The number of aromatic nitrogens is 3. The van der Waals surface area contributed by atoms with Crippen LogP contribution in [0.25, 0.3) is 43.7 Å². The van der Waals surface area contributed by atoms with Gasteiger partial charge in [-0.25, -0.2) is 4.85 Å².